The Bertz CT molecular complexity index is 807. The van der Waals surface area contributed by atoms with Gasteiger partial charge in [-0.25, -0.2) is 4.98 Å². The van der Waals surface area contributed by atoms with Crippen LogP contribution in [0.2, 0.25) is 5.28 Å². The van der Waals surface area contributed by atoms with Gasteiger partial charge in [0.2, 0.25) is 5.28 Å². The SMILES string of the molecule is COc1ccccc1CN(C)c1nc(Cl)nc2ccccc12. The van der Waals surface area contributed by atoms with Gasteiger partial charge in [-0.1, -0.05) is 30.3 Å². The molecular formula is C17H16ClN3O. The fraction of sp³-hybridized carbons (Fsp3) is 0.176. The minimum absolute atomic E-state index is 0.251. The molecule has 0 unspecified atom stereocenters. The quantitative estimate of drug-likeness (QED) is 0.684. The molecule has 1 heterocycles. The Labute approximate surface area is 134 Å². The molecule has 112 valence electrons. The maximum absolute atomic E-state index is 6.06. The first-order valence-corrected chi connectivity index (χ1v) is 7.32. The van der Waals surface area contributed by atoms with Crippen LogP contribution in [0.5, 0.6) is 5.75 Å². The number of methoxy groups -OCH3 is 1. The molecule has 0 amide bonds. The van der Waals surface area contributed by atoms with Crippen LogP contribution in [-0.2, 0) is 6.54 Å². The van der Waals surface area contributed by atoms with E-state index >= 15 is 0 Å². The van der Waals surface area contributed by atoms with Crippen molar-refractivity contribution in [2.24, 2.45) is 0 Å². The van der Waals surface area contributed by atoms with Crippen molar-refractivity contribution in [3.8, 4) is 5.75 Å². The van der Waals surface area contributed by atoms with Gasteiger partial charge < -0.3 is 9.64 Å². The molecule has 0 aliphatic heterocycles. The molecule has 0 aliphatic carbocycles. The van der Waals surface area contributed by atoms with E-state index in [4.69, 9.17) is 16.3 Å². The molecule has 1 aromatic heterocycles. The maximum atomic E-state index is 6.06. The number of ether oxygens (including phenoxy) is 1. The summed E-state index contributed by atoms with van der Waals surface area (Å²) >= 11 is 6.06. The van der Waals surface area contributed by atoms with Gasteiger partial charge in [0, 0.05) is 24.5 Å². The van der Waals surface area contributed by atoms with Crippen molar-refractivity contribution in [1.29, 1.82) is 0 Å². The lowest BCUT2D eigenvalue weighted by atomic mass is 10.1. The fourth-order valence-corrected chi connectivity index (χ4v) is 2.66. The van der Waals surface area contributed by atoms with Crippen molar-refractivity contribution in [3.63, 3.8) is 0 Å². The van der Waals surface area contributed by atoms with Crippen molar-refractivity contribution in [1.82, 2.24) is 9.97 Å². The van der Waals surface area contributed by atoms with Gasteiger partial charge >= 0.3 is 0 Å². The Balaban J connectivity index is 2.00. The van der Waals surface area contributed by atoms with Gasteiger partial charge in [0.05, 0.1) is 12.6 Å². The second-order valence-corrected chi connectivity index (χ2v) is 5.34. The van der Waals surface area contributed by atoms with Gasteiger partial charge in [-0.05, 0) is 29.8 Å². The number of hydrogen-bond acceptors (Lipinski definition) is 4. The van der Waals surface area contributed by atoms with Crippen molar-refractivity contribution < 1.29 is 4.74 Å². The van der Waals surface area contributed by atoms with Crippen LogP contribution in [0.15, 0.2) is 48.5 Å². The molecule has 3 rings (SSSR count). The highest BCUT2D eigenvalue weighted by Gasteiger charge is 2.12. The molecule has 0 fully saturated rings. The molecule has 22 heavy (non-hydrogen) atoms. The molecule has 0 saturated heterocycles. The zero-order valence-electron chi connectivity index (χ0n) is 12.5. The minimum atomic E-state index is 0.251. The number of aromatic nitrogens is 2. The minimum Gasteiger partial charge on any atom is -0.496 e. The van der Waals surface area contributed by atoms with E-state index in [2.05, 4.69) is 9.97 Å². The second kappa shape index (κ2) is 6.20. The van der Waals surface area contributed by atoms with E-state index in [1.54, 1.807) is 7.11 Å². The largest absolute Gasteiger partial charge is 0.496 e. The summed E-state index contributed by atoms with van der Waals surface area (Å²) in [6.07, 6.45) is 0. The summed E-state index contributed by atoms with van der Waals surface area (Å²) in [7, 11) is 3.66. The Hall–Kier alpha value is -2.33. The van der Waals surface area contributed by atoms with Gasteiger partial charge in [0.1, 0.15) is 11.6 Å². The Morgan fingerprint density at radius 1 is 1.05 bits per heavy atom. The molecule has 0 spiro atoms. The van der Waals surface area contributed by atoms with Gasteiger partial charge in [0.25, 0.3) is 0 Å². The van der Waals surface area contributed by atoms with E-state index in [1.807, 2.05) is 60.5 Å². The molecule has 0 bridgehead atoms. The Kier molecular flexibility index (Phi) is 4.11. The third-order valence-electron chi connectivity index (χ3n) is 3.52. The Morgan fingerprint density at radius 3 is 2.59 bits per heavy atom. The fourth-order valence-electron chi connectivity index (χ4n) is 2.49. The average Bonchev–Trinajstić information content (AvgIpc) is 2.54. The number of benzene rings is 2. The summed E-state index contributed by atoms with van der Waals surface area (Å²) in [4.78, 5) is 10.7. The molecule has 0 radical (unpaired) electrons. The molecule has 3 aromatic rings. The summed E-state index contributed by atoms with van der Waals surface area (Å²) in [6.45, 7) is 0.668. The highest BCUT2D eigenvalue weighted by atomic mass is 35.5. The lowest BCUT2D eigenvalue weighted by Gasteiger charge is -2.21. The first-order valence-electron chi connectivity index (χ1n) is 6.94. The summed E-state index contributed by atoms with van der Waals surface area (Å²) < 4.78 is 5.41. The van der Waals surface area contributed by atoms with Gasteiger partial charge in [0.15, 0.2) is 0 Å². The van der Waals surface area contributed by atoms with Gasteiger partial charge in [-0.15, -0.1) is 0 Å². The van der Waals surface area contributed by atoms with Crippen molar-refractivity contribution >= 4 is 28.3 Å². The molecule has 4 nitrogen and oxygen atoms in total. The third-order valence-corrected chi connectivity index (χ3v) is 3.69. The lowest BCUT2D eigenvalue weighted by Crippen LogP contribution is -2.19. The maximum Gasteiger partial charge on any atom is 0.224 e. The van der Waals surface area contributed by atoms with Crippen LogP contribution in [0.3, 0.4) is 0 Å². The van der Waals surface area contributed by atoms with Crippen LogP contribution in [0.1, 0.15) is 5.56 Å². The lowest BCUT2D eigenvalue weighted by molar-refractivity contribution is 0.409. The number of fused-ring (bicyclic) bond motifs is 1. The number of halogens is 1. The van der Waals surface area contributed by atoms with Crippen LogP contribution in [-0.4, -0.2) is 24.1 Å². The van der Waals surface area contributed by atoms with Gasteiger partial charge in [-0.3, -0.25) is 0 Å². The van der Waals surface area contributed by atoms with Crippen molar-refractivity contribution in [2.45, 2.75) is 6.54 Å². The number of anilines is 1. The predicted octanol–water partition coefficient (Wildman–Crippen LogP) is 3.93. The van der Waals surface area contributed by atoms with Crippen molar-refractivity contribution in [2.75, 3.05) is 19.1 Å². The number of hydrogen-bond donors (Lipinski definition) is 0. The molecule has 0 aliphatic rings. The number of para-hydroxylation sites is 2. The molecule has 0 N–H and O–H groups in total. The normalized spacial score (nSPS) is 10.7. The topological polar surface area (TPSA) is 38.2 Å². The summed E-state index contributed by atoms with van der Waals surface area (Å²) in [5.74, 6) is 1.67. The first kappa shape index (κ1) is 14.6. The van der Waals surface area contributed by atoms with Crippen LogP contribution >= 0.6 is 11.6 Å². The molecular weight excluding hydrogens is 298 g/mol. The zero-order chi connectivity index (χ0) is 15.5. The summed E-state index contributed by atoms with van der Waals surface area (Å²) in [6, 6.07) is 15.8. The summed E-state index contributed by atoms with van der Waals surface area (Å²) in [5, 5.41) is 1.23. The standard InChI is InChI=1S/C17H16ClN3O/c1-21(11-12-7-3-6-10-15(12)22-2)16-13-8-4-5-9-14(13)19-17(18)20-16/h3-10H,11H2,1-2H3. The first-order chi connectivity index (χ1) is 10.7. The van der Waals surface area contributed by atoms with E-state index in [0.29, 0.717) is 6.54 Å². The van der Waals surface area contributed by atoms with Crippen LogP contribution < -0.4 is 9.64 Å². The zero-order valence-corrected chi connectivity index (χ0v) is 13.2. The Morgan fingerprint density at radius 2 is 1.77 bits per heavy atom. The highest BCUT2D eigenvalue weighted by Crippen LogP contribution is 2.27. The van der Waals surface area contributed by atoms with E-state index in [0.717, 1.165) is 28.0 Å². The number of nitrogens with zero attached hydrogens (tertiary/aromatic N) is 3. The van der Waals surface area contributed by atoms with Crippen LogP contribution in [0, 0.1) is 0 Å². The predicted molar refractivity (Wildman–Crippen MR) is 89.6 cm³/mol. The molecule has 2 aromatic carbocycles. The van der Waals surface area contributed by atoms with Crippen molar-refractivity contribution in [3.05, 3.63) is 59.4 Å². The monoisotopic (exact) mass is 313 g/mol. The van der Waals surface area contributed by atoms with Gasteiger partial charge in [-0.2, -0.15) is 4.98 Å². The highest BCUT2D eigenvalue weighted by molar-refractivity contribution is 6.28. The van der Waals surface area contributed by atoms with E-state index in [-0.39, 0.29) is 5.28 Å². The smallest absolute Gasteiger partial charge is 0.224 e. The average molecular weight is 314 g/mol. The molecule has 5 heteroatoms. The number of rotatable bonds is 4. The molecule has 0 atom stereocenters. The van der Waals surface area contributed by atoms with E-state index < -0.39 is 0 Å². The van der Waals surface area contributed by atoms with E-state index in [9.17, 15) is 0 Å². The third kappa shape index (κ3) is 2.83. The van der Waals surface area contributed by atoms with Crippen LogP contribution in [0.25, 0.3) is 10.9 Å². The molecule has 0 saturated carbocycles. The van der Waals surface area contributed by atoms with Crippen LogP contribution in [0.4, 0.5) is 5.82 Å². The van der Waals surface area contributed by atoms with E-state index in [1.165, 1.54) is 0 Å². The second-order valence-electron chi connectivity index (χ2n) is 5.00. The summed E-state index contributed by atoms with van der Waals surface area (Å²) in [5.41, 5.74) is 1.93.